The van der Waals surface area contributed by atoms with Gasteiger partial charge in [0.05, 0.1) is 0 Å². The Balaban J connectivity index is 1.79. The molecule has 0 spiro atoms. The number of nitrogens with zero attached hydrogens (tertiary/aromatic N) is 4. The molecule has 0 bridgehead atoms. The van der Waals surface area contributed by atoms with Crippen molar-refractivity contribution in [3.8, 4) is 23.1 Å². The second kappa shape index (κ2) is 5.67. The smallest absolute Gasteiger partial charge is 0.424 e. The molecule has 0 fully saturated rings. The van der Waals surface area contributed by atoms with E-state index in [1.54, 1.807) is 31.2 Å². The van der Waals surface area contributed by atoms with Gasteiger partial charge >= 0.3 is 12.2 Å². The van der Waals surface area contributed by atoms with Gasteiger partial charge in [0.2, 0.25) is 11.7 Å². The first-order valence-corrected chi connectivity index (χ1v) is 6.41. The molecule has 0 unspecified atom stereocenters. The predicted molar refractivity (Wildman–Crippen MR) is 71.6 cm³/mol. The van der Waals surface area contributed by atoms with E-state index in [4.69, 9.17) is 9.26 Å². The van der Waals surface area contributed by atoms with Crippen LogP contribution in [0.2, 0.25) is 0 Å². The quantitative estimate of drug-likeness (QED) is 0.733. The predicted octanol–water partition coefficient (Wildman–Crippen LogP) is 3.65. The summed E-state index contributed by atoms with van der Waals surface area (Å²) in [7, 11) is 0. The third kappa shape index (κ3) is 3.44. The zero-order chi connectivity index (χ0) is 16.4. The number of benzene rings is 1. The first-order chi connectivity index (χ1) is 10.9. The Hall–Kier alpha value is -2.97. The highest BCUT2D eigenvalue weighted by atomic mass is 19.4. The van der Waals surface area contributed by atoms with Crippen LogP contribution in [0, 0.1) is 6.92 Å². The molecule has 0 atom stereocenters. The van der Waals surface area contributed by atoms with Crippen LogP contribution in [0.4, 0.5) is 13.2 Å². The molecule has 0 amide bonds. The minimum Gasteiger partial charge on any atom is -0.424 e. The highest BCUT2D eigenvalue weighted by Gasteiger charge is 2.33. The van der Waals surface area contributed by atoms with Gasteiger partial charge in [-0.25, -0.2) is 4.98 Å². The van der Waals surface area contributed by atoms with Crippen LogP contribution in [0.1, 0.15) is 11.6 Å². The molecule has 0 saturated heterocycles. The zero-order valence-electron chi connectivity index (χ0n) is 11.7. The van der Waals surface area contributed by atoms with E-state index in [2.05, 4.69) is 20.1 Å². The van der Waals surface area contributed by atoms with Gasteiger partial charge in [0.25, 0.3) is 0 Å². The van der Waals surface area contributed by atoms with Gasteiger partial charge in [-0.3, -0.25) is 0 Å². The van der Waals surface area contributed by atoms with E-state index in [1.165, 1.54) is 0 Å². The first-order valence-electron chi connectivity index (χ1n) is 6.41. The monoisotopic (exact) mass is 322 g/mol. The van der Waals surface area contributed by atoms with Crippen molar-refractivity contribution in [3.63, 3.8) is 0 Å². The fraction of sp³-hybridized carbons (Fsp3) is 0.143. The second-order valence-corrected chi connectivity index (χ2v) is 4.49. The zero-order valence-corrected chi connectivity index (χ0v) is 11.7. The Morgan fingerprint density at radius 1 is 1.04 bits per heavy atom. The van der Waals surface area contributed by atoms with Crippen LogP contribution < -0.4 is 4.74 Å². The molecule has 6 nitrogen and oxygen atoms in total. The van der Waals surface area contributed by atoms with Crippen LogP contribution in [0.5, 0.6) is 11.8 Å². The average molecular weight is 322 g/mol. The number of halogens is 3. The van der Waals surface area contributed by atoms with Crippen LogP contribution in [0.15, 0.2) is 41.1 Å². The van der Waals surface area contributed by atoms with Crippen molar-refractivity contribution in [2.24, 2.45) is 0 Å². The SMILES string of the molecule is Cc1nc(-c2ccc(Oc3nccc(C(F)(F)F)n3)cc2)no1. The van der Waals surface area contributed by atoms with E-state index in [0.29, 0.717) is 17.3 Å². The number of ether oxygens (including phenoxy) is 1. The molecule has 1 aromatic carbocycles. The maximum absolute atomic E-state index is 12.6. The standard InChI is InChI=1S/C14H9F3N4O2/c1-8-19-12(21-23-8)9-2-4-10(5-3-9)22-13-18-7-6-11(20-13)14(15,16)17/h2-7H,1H3. The van der Waals surface area contributed by atoms with Gasteiger partial charge in [0.1, 0.15) is 5.75 Å². The maximum Gasteiger partial charge on any atom is 0.433 e. The van der Waals surface area contributed by atoms with Gasteiger partial charge < -0.3 is 9.26 Å². The summed E-state index contributed by atoms with van der Waals surface area (Å²) in [6.07, 6.45) is -3.57. The topological polar surface area (TPSA) is 73.9 Å². The van der Waals surface area contributed by atoms with E-state index >= 15 is 0 Å². The van der Waals surface area contributed by atoms with E-state index in [-0.39, 0.29) is 11.8 Å². The highest BCUT2D eigenvalue weighted by Crippen LogP contribution is 2.29. The van der Waals surface area contributed by atoms with Crippen molar-refractivity contribution in [1.82, 2.24) is 20.1 Å². The minimum atomic E-state index is -4.55. The molecule has 0 aliphatic heterocycles. The fourth-order valence-corrected chi connectivity index (χ4v) is 1.74. The molecule has 2 aromatic heterocycles. The van der Waals surface area contributed by atoms with Gasteiger partial charge in [-0.1, -0.05) is 5.16 Å². The number of aryl methyl sites for hydroxylation is 1. The lowest BCUT2D eigenvalue weighted by molar-refractivity contribution is -0.141. The summed E-state index contributed by atoms with van der Waals surface area (Å²) in [5.41, 5.74) is -0.388. The number of hydrogen-bond acceptors (Lipinski definition) is 6. The van der Waals surface area contributed by atoms with Crippen molar-refractivity contribution in [2.45, 2.75) is 13.1 Å². The molecule has 2 heterocycles. The van der Waals surface area contributed by atoms with E-state index in [1.807, 2.05) is 0 Å². The number of alkyl halides is 3. The third-order valence-corrected chi connectivity index (χ3v) is 2.77. The molecule has 3 rings (SSSR count). The fourth-order valence-electron chi connectivity index (χ4n) is 1.74. The lowest BCUT2D eigenvalue weighted by Gasteiger charge is -2.07. The maximum atomic E-state index is 12.6. The van der Waals surface area contributed by atoms with Crippen molar-refractivity contribution in [2.75, 3.05) is 0 Å². The molecule has 0 radical (unpaired) electrons. The summed E-state index contributed by atoms with van der Waals surface area (Å²) >= 11 is 0. The summed E-state index contributed by atoms with van der Waals surface area (Å²) in [6, 6.07) is 6.77. The summed E-state index contributed by atoms with van der Waals surface area (Å²) in [6.45, 7) is 1.67. The third-order valence-electron chi connectivity index (χ3n) is 2.77. The number of rotatable bonds is 3. The van der Waals surface area contributed by atoms with Gasteiger partial charge in [0.15, 0.2) is 5.69 Å². The van der Waals surface area contributed by atoms with Crippen LogP contribution in [-0.4, -0.2) is 20.1 Å². The Morgan fingerprint density at radius 3 is 2.39 bits per heavy atom. The van der Waals surface area contributed by atoms with Gasteiger partial charge in [0, 0.05) is 18.7 Å². The second-order valence-electron chi connectivity index (χ2n) is 4.49. The Kier molecular flexibility index (Phi) is 3.68. The summed E-state index contributed by atoms with van der Waals surface area (Å²) in [4.78, 5) is 11.0. The summed E-state index contributed by atoms with van der Waals surface area (Å²) < 4.78 is 47.8. The number of aromatic nitrogens is 4. The molecule has 9 heteroatoms. The van der Waals surface area contributed by atoms with Gasteiger partial charge in [-0.05, 0) is 30.3 Å². The molecule has 0 aliphatic carbocycles. The van der Waals surface area contributed by atoms with Crippen LogP contribution in [0.3, 0.4) is 0 Å². The van der Waals surface area contributed by atoms with E-state index < -0.39 is 11.9 Å². The molecule has 23 heavy (non-hydrogen) atoms. The molecule has 0 N–H and O–H groups in total. The van der Waals surface area contributed by atoms with Crippen molar-refractivity contribution >= 4 is 0 Å². The van der Waals surface area contributed by atoms with Crippen molar-refractivity contribution in [3.05, 3.63) is 48.1 Å². The molecule has 118 valence electrons. The lowest BCUT2D eigenvalue weighted by atomic mass is 10.2. The van der Waals surface area contributed by atoms with Crippen LogP contribution in [0.25, 0.3) is 11.4 Å². The minimum absolute atomic E-state index is 0.285. The Bertz CT molecular complexity index is 815. The van der Waals surface area contributed by atoms with E-state index in [9.17, 15) is 13.2 Å². The Labute approximate surface area is 128 Å². The molecular formula is C14H9F3N4O2. The van der Waals surface area contributed by atoms with Crippen LogP contribution >= 0.6 is 0 Å². The normalized spacial score (nSPS) is 11.5. The molecular weight excluding hydrogens is 313 g/mol. The van der Waals surface area contributed by atoms with E-state index in [0.717, 1.165) is 12.3 Å². The summed E-state index contributed by atoms with van der Waals surface area (Å²) in [5, 5.41) is 3.76. The Morgan fingerprint density at radius 2 is 1.78 bits per heavy atom. The largest absolute Gasteiger partial charge is 0.433 e. The average Bonchev–Trinajstić information content (AvgIpc) is 2.94. The van der Waals surface area contributed by atoms with Crippen LogP contribution in [-0.2, 0) is 6.18 Å². The molecule has 0 saturated carbocycles. The van der Waals surface area contributed by atoms with Gasteiger partial charge in [-0.2, -0.15) is 23.1 Å². The van der Waals surface area contributed by atoms with Crippen molar-refractivity contribution < 1.29 is 22.4 Å². The highest BCUT2D eigenvalue weighted by molar-refractivity contribution is 5.55. The van der Waals surface area contributed by atoms with Gasteiger partial charge in [-0.15, -0.1) is 0 Å². The lowest BCUT2D eigenvalue weighted by Crippen LogP contribution is -2.08. The first kappa shape index (κ1) is 14.9. The van der Waals surface area contributed by atoms with Crippen molar-refractivity contribution in [1.29, 1.82) is 0 Å². The molecule has 3 aromatic rings. The molecule has 0 aliphatic rings. The summed E-state index contributed by atoms with van der Waals surface area (Å²) in [5.74, 6) is 1.12. The number of hydrogen-bond donors (Lipinski definition) is 0.